The number of thioether (sulfide) groups is 1. The summed E-state index contributed by atoms with van der Waals surface area (Å²) in [6, 6.07) is 7.94. The van der Waals surface area contributed by atoms with Gasteiger partial charge in [-0.05, 0) is 37.6 Å². The Hall–Kier alpha value is -0.670. The number of carbonyl (C=O) groups is 1. The van der Waals surface area contributed by atoms with Gasteiger partial charge in [0, 0.05) is 28.1 Å². The first kappa shape index (κ1) is 14.4. The van der Waals surface area contributed by atoms with E-state index in [1.165, 1.54) is 0 Å². The normalized spacial score (nSPS) is 12.2. The third-order valence-electron chi connectivity index (χ3n) is 2.43. The summed E-state index contributed by atoms with van der Waals surface area (Å²) >= 11 is 7.47. The van der Waals surface area contributed by atoms with Crippen LogP contribution in [-0.2, 0) is 4.79 Å². The standard InChI is InChI=1S/C13H18ClNOS/c1-3-10(2)15-13(16)8-9-17-12-6-4-11(14)5-7-12/h4-7,10H,3,8-9H2,1-2H3,(H,15,16)/t10-/m1/s1. The van der Waals surface area contributed by atoms with Crippen molar-refractivity contribution in [3.05, 3.63) is 29.3 Å². The highest BCUT2D eigenvalue weighted by Crippen LogP contribution is 2.20. The van der Waals surface area contributed by atoms with E-state index < -0.39 is 0 Å². The third kappa shape index (κ3) is 5.99. The van der Waals surface area contributed by atoms with Crippen molar-refractivity contribution in [1.82, 2.24) is 5.32 Å². The highest BCUT2D eigenvalue weighted by molar-refractivity contribution is 7.99. The quantitative estimate of drug-likeness (QED) is 0.799. The molecule has 0 aliphatic carbocycles. The summed E-state index contributed by atoms with van der Waals surface area (Å²) in [5.74, 6) is 0.921. The highest BCUT2D eigenvalue weighted by atomic mass is 35.5. The van der Waals surface area contributed by atoms with Gasteiger partial charge < -0.3 is 5.32 Å². The fraction of sp³-hybridized carbons (Fsp3) is 0.462. The van der Waals surface area contributed by atoms with E-state index in [1.807, 2.05) is 31.2 Å². The van der Waals surface area contributed by atoms with Crippen LogP contribution in [-0.4, -0.2) is 17.7 Å². The first-order chi connectivity index (χ1) is 8.11. The monoisotopic (exact) mass is 271 g/mol. The minimum Gasteiger partial charge on any atom is -0.354 e. The van der Waals surface area contributed by atoms with Crippen molar-refractivity contribution >= 4 is 29.3 Å². The average Bonchev–Trinajstić information content (AvgIpc) is 2.31. The van der Waals surface area contributed by atoms with Crippen LogP contribution in [0.3, 0.4) is 0 Å². The van der Waals surface area contributed by atoms with Crippen molar-refractivity contribution in [3.63, 3.8) is 0 Å². The molecule has 0 bridgehead atoms. The molecule has 1 rings (SSSR count). The summed E-state index contributed by atoms with van der Waals surface area (Å²) in [4.78, 5) is 12.7. The molecule has 0 aromatic heterocycles. The van der Waals surface area contributed by atoms with E-state index in [-0.39, 0.29) is 11.9 Å². The minimum absolute atomic E-state index is 0.126. The van der Waals surface area contributed by atoms with Crippen LogP contribution in [0.1, 0.15) is 26.7 Å². The maximum Gasteiger partial charge on any atom is 0.221 e. The molecule has 0 aliphatic heterocycles. The number of carbonyl (C=O) groups excluding carboxylic acids is 1. The lowest BCUT2D eigenvalue weighted by atomic mass is 10.2. The zero-order valence-corrected chi connectivity index (χ0v) is 11.8. The number of hydrogen-bond donors (Lipinski definition) is 1. The van der Waals surface area contributed by atoms with Gasteiger partial charge in [-0.25, -0.2) is 0 Å². The zero-order valence-electron chi connectivity index (χ0n) is 10.2. The minimum atomic E-state index is 0.126. The lowest BCUT2D eigenvalue weighted by Crippen LogP contribution is -2.32. The summed E-state index contributed by atoms with van der Waals surface area (Å²) in [6.45, 7) is 4.08. The van der Waals surface area contributed by atoms with Crippen molar-refractivity contribution in [2.45, 2.75) is 37.6 Å². The van der Waals surface area contributed by atoms with Gasteiger partial charge in [-0.2, -0.15) is 0 Å². The van der Waals surface area contributed by atoms with E-state index in [0.29, 0.717) is 6.42 Å². The van der Waals surface area contributed by atoms with Crippen LogP contribution < -0.4 is 5.32 Å². The molecule has 0 aliphatic rings. The summed E-state index contributed by atoms with van der Waals surface area (Å²) < 4.78 is 0. The molecule has 2 nitrogen and oxygen atoms in total. The number of rotatable bonds is 6. The van der Waals surface area contributed by atoms with E-state index in [0.717, 1.165) is 22.1 Å². The number of halogens is 1. The molecule has 0 unspecified atom stereocenters. The molecule has 17 heavy (non-hydrogen) atoms. The molecule has 1 N–H and O–H groups in total. The van der Waals surface area contributed by atoms with E-state index in [1.54, 1.807) is 11.8 Å². The summed E-state index contributed by atoms with van der Waals surface area (Å²) in [7, 11) is 0. The smallest absolute Gasteiger partial charge is 0.221 e. The van der Waals surface area contributed by atoms with Crippen LogP contribution in [0.4, 0.5) is 0 Å². The zero-order chi connectivity index (χ0) is 12.7. The van der Waals surface area contributed by atoms with Crippen molar-refractivity contribution in [3.8, 4) is 0 Å². The lowest BCUT2D eigenvalue weighted by Gasteiger charge is -2.10. The molecule has 1 aromatic rings. The SMILES string of the molecule is CC[C@@H](C)NC(=O)CCSc1ccc(Cl)cc1. The van der Waals surface area contributed by atoms with Crippen LogP contribution in [0.25, 0.3) is 0 Å². The predicted octanol–water partition coefficient (Wildman–Crippen LogP) is 3.74. The first-order valence-electron chi connectivity index (χ1n) is 5.79. The molecule has 0 spiro atoms. The molecule has 1 atom stereocenters. The number of hydrogen-bond acceptors (Lipinski definition) is 2. The molecule has 94 valence electrons. The Bertz CT molecular complexity index is 353. The molecule has 1 amide bonds. The number of nitrogens with one attached hydrogen (secondary N) is 1. The highest BCUT2D eigenvalue weighted by Gasteiger charge is 2.05. The Morgan fingerprint density at radius 3 is 2.65 bits per heavy atom. The maximum atomic E-state index is 11.5. The van der Waals surface area contributed by atoms with Gasteiger partial charge in [0.05, 0.1) is 0 Å². The second-order valence-corrected chi connectivity index (χ2v) is 5.53. The van der Waals surface area contributed by atoms with Gasteiger partial charge in [0.1, 0.15) is 0 Å². The van der Waals surface area contributed by atoms with Gasteiger partial charge >= 0.3 is 0 Å². The van der Waals surface area contributed by atoms with Gasteiger partial charge in [0.2, 0.25) is 5.91 Å². The van der Waals surface area contributed by atoms with Crippen LogP contribution in [0.5, 0.6) is 0 Å². The Morgan fingerprint density at radius 2 is 2.06 bits per heavy atom. The number of benzene rings is 1. The Kier molecular flexibility index (Phi) is 6.45. The Morgan fingerprint density at radius 1 is 1.41 bits per heavy atom. The molecule has 0 radical (unpaired) electrons. The summed E-state index contributed by atoms with van der Waals surface area (Å²) in [6.07, 6.45) is 1.52. The molecule has 4 heteroatoms. The topological polar surface area (TPSA) is 29.1 Å². The molecule has 0 heterocycles. The summed E-state index contributed by atoms with van der Waals surface area (Å²) in [5, 5.41) is 3.69. The molecule has 0 saturated carbocycles. The van der Waals surface area contributed by atoms with Crippen LogP contribution in [0.15, 0.2) is 29.2 Å². The molecule has 0 fully saturated rings. The Balaban J connectivity index is 2.23. The largest absolute Gasteiger partial charge is 0.354 e. The van der Waals surface area contributed by atoms with E-state index >= 15 is 0 Å². The van der Waals surface area contributed by atoms with Crippen molar-refractivity contribution < 1.29 is 4.79 Å². The van der Waals surface area contributed by atoms with E-state index in [9.17, 15) is 4.79 Å². The third-order valence-corrected chi connectivity index (χ3v) is 3.70. The second kappa shape index (κ2) is 7.62. The first-order valence-corrected chi connectivity index (χ1v) is 7.16. The lowest BCUT2D eigenvalue weighted by molar-refractivity contribution is -0.121. The van der Waals surface area contributed by atoms with Crippen molar-refractivity contribution in [1.29, 1.82) is 0 Å². The van der Waals surface area contributed by atoms with Crippen LogP contribution >= 0.6 is 23.4 Å². The van der Waals surface area contributed by atoms with E-state index in [4.69, 9.17) is 11.6 Å². The van der Waals surface area contributed by atoms with Gasteiger partial charge in [-0.1, -0.05) is 18.5 Å². The fourth-order valence-corrected chi connectivity index (χ4v) is 2.22. The number of amides is 1. The summed E-state index contributed by atoms with van der Waals surface area (Å²) in [5.41, 5.74) is 0. The van der Waals surface area contributed by atoms with Gasteiger partial charge in [-0.3, -0.25) is 4.79 Å². The van der Waals surface area contributed by atoms with Crippen molar-refractivity contribution in [2.24, 2.45) is 0 Å². The average molecular weight is 272 g/mol. The Labute approximate surface area is 112 Å². The van der Waals surface area contributed by atoms with Gasteiger partial charge in [0.25, 0.3) is 0 Å². The molecule has 1 aromatic carbocycles. The van der Waals surface area contributed by atoms with Gasteiger partial charge in [-0.15, -0.1) is 11.8 Å². The van der Waals surface area contributed by atoms with Crippen LogP contribution in [0.2, 0.25) is 5.02 Å². The predicted molar refractivity (Wildman–Crippen MR) is 74.7 cm³/mol. The van der Waals surface area contributed by atoms with Crippen LogP contribution in [0, 0.1) is 0 Å². The second-order valence-electron chi connectivity index (χ2n) is 3.93. The molecular weight excluding hydrogens is 254 g/mol. The molecule has 0 saturated heterocycles. The van der Waals surface area contributed by atoms with Gasteiger partial charge in [0.15, 0.2) is 0 Å². The molecular formula is C13H18ClNOS. The van der Waals surface area contributed by atoms with E-state index in [2.05, 4.69) is 12.2 Å². The van der Waals surface area contributed by atoms with Crippen molar-refractivity contribution in [2.75, 3.05) is 5.75 Å². The fourth-order valence-electron chi connectivity index (χ4n) is 1.24. The maximum absolute atomic E-state index is 11.5.